The van der Waals surface area contributed by atoms with Gasteiger partial charge in [0.15, 0.2) is 0 Å². The molecule has 25 heavy (non-hydrogen) atoms. The summed E-state index contributed by atoms with van der Waals surface area (Å²) in [5, 5.41) is 4.11. The van der Waals surface area contributed by atoms with E-state index in [1.165, 1.54) is 0 Å². The molecule has 0 fully saturated rings. The Hall–Kier alpha value is -2.75. The molecule has 0 radical (unpaired) electrons. The van der Waals surface area contributed by atoms with Crippen molar-refractivity contribution in [1.29, 1.82) is 0 Å². The van der Waals surface area contributed by atoms with Crippen LogP contribution in [0.15, 0.2) is 53.1 Å². The van der Waals surface area contributed by atoms with Gasteiger partial charge in [0, 0.05) is 10.9 Å². The number of carbonyl (C=O) groups is 1. The van der Waals surface area contributed by atoms with E-state index in [0.717, 1.165) is 39.8 Å². The number of hydrogen-bond acceptors (Lipinski definition) is 3. The fourth-order valence-electron chi connectivity index (χ4n) is 3.00. The van der Waals surface area contributed by atoms with E-state index in [4.69, 9.17) is 9.15 Å². The lowest BCUT2D eigenvalue weighted by molar-refractivity contribution is -0.121. The number of hydrogen-bond donors (Lipinski definition) is 1. The lowest BCUT2D eigenvalue weighted by atomic mass is 10.0. The quantitative estimate of drug-likeness (QED) is 0.717. The lowest BCUT2D eigenvalue weighted by Gasteiger charge is -2.17. The predicted molar refractivity (Wildman–Crippen MR) is 98.8 cm³/mol. The number of ether oxygens (including phenoxy) is 1. The number of amides is 1. The Morgan fingerprint density at radius 1 is 1.20 bits per heavy atom. The van der Waals surface area contributed by atoms with Gasteiger partial charge in [0.25, 0.3) is 0 Å². The first-order valence-corrected chi connectivity index (χ1v) is 8.50. The summed E-state index contributed by atoms with van der Waals surface area (Å²) in [5.74, 6) is 0.802. The van der Waals surface area contributed by atoms with Crippen LogP contribution >= 0.6 is 0 Å². The highest BCUT2D eigenvalue weighted by molar-refractivity contribution is 5.88. The zero-order valence-electron chi connectivity index (χ0n) is 14.8. The average Bonchev–Trinajstić information content (AvgIpc) is 3.01. The van der Waals surface area contributed by atoms with Crippen LogP contribution in [0, 0.1) is 6.92 Å². The summed E-state index contributed by atoms with van der Waals surface area (Å²) in [5.41, 5.74) is 3.95. The maximum absolute atomic E-state index is 12.5. The average molecular weight is 337 g/mol. The molecule has 0 aliphatic carbocycles. The summed E-state index contributed by atoms with van der Waals surface area (Å²) < 4.78 is 10.8. The fourth-order valence-corrected chi connectivity index (χ4v) is 3.00. The predicted octanol–water partition coefficient (Wildman–Crippen LogP) is 4.56. The van der Waals surface area contributed by atoms with Crippen LogP contribution in [-0.4, -0.2) is 13.0 Å². The van der Waals surface area contributed by atoms with E-state index < -0.39 is 0 Å². The monoisotopic (exact) mass is 337 g/mol. The maximum Gasteiger partial charge on any atom is 0.225 e. The van der Waals surface area contributed by atoms with E-state index in [9.17, 15) is 4.79 Å². The Balaban J connectivity index is 1.71. The molecule has 1 N–H and O–H groups in total. The largest absolute Gasteiger partial charge is 0.497 e. The fraction of sp³-hybridized carbons (Fsp3) is 0.286. The normalized spacial score (nSPS) is 12.1. The zero-order chi connectivity index (χ0) is 17.8. The van der Waals surface area contributed by atoms with E-state index in [1.54, 1.807) is 13.4 Å². The van der Waals surface area contributed by atoms with Crippen molar-refractivity contribution in [3.8, 4) is 5.75 Å². The van der Waals surface area contributed by atoms with E-state index >= 15 is 0 Å². The smallest absolute Gasteiger partial charge is 0.225 e. The first-order valence-electron chi connectivity index (χ1n) is 8.50. The van der Waals surface area contributed by atoms with Crippen molar-refractivity contribution in [3.63, 3.8) is 0 Å². The first-order chi connectivity index (χ1) is 12.1. The summed E-state index contributed by atoms with van der Waals surface area (Å²) in [7, 11) is 1.64. The molecule has 1 amide bonds. The Kier molecular flexibility index (Phi) is 5.08. The van der Waals surface area contributed by atoms with Gasteiger partial charge in [0.2, 0.25) is 5.91 Å². The summed E-state index contributed by atoms with van der Waals surface area (Å²) >= 11 is 0. The van der Waals surface area contributed by atoms with Gasteiger partial charge in [0.1, 0.15) is 11.3 Å². The Bertz CT molecular complexity index is 864. The van der Waals surface area contributed by atoms with E-state index in [2.05, 4.69) is 12.2 Å². The zero-order valence-corrected chi connectivity index (χ0v) is 14.8. The summed E-state index contributed by atoms with van der Waals surface area (Å²) in [6.07, 6.45) is 2.81. The summed E-state index contributed by atoms with van der Waals surface area (Å²) in [6, 6.07) is 13.8. The molecule has 3 aromatic rings. The van der Waals surface area contributed by atoms with Gasteiger partial charge in [-0.3, -0.25) is 4.79 Å². The molecule has 0 saturated heterocycles. The molecule has 0 aliphatic heterocycles. The van der Waals surface area contributed by atoms with Crippen molar-refractivity contribution in [2.45, 2.75) is 32.7 Å². The summed E-state index contributed by atoms with van der Waals surface area (Å²) in [4.78, 5) is 12.5. The van der Waals surface area contributed by atoms with Crippen molar-refractivity contribution in [2.75, 3.05) is 7.11 Å². The second kappa shape index (κ2) is 7.43. The van der Waals surface area contributed by atoms with Gasteiger partial charge in [-0.15, -0.1) is 0 Å². The molecule has 0 aliphatic rings. The number of carbonyl (C=O) groups excluding carboxylic acids is 1. The molecule has 130 valence electrons. The van der Waals surface area contributed by atoms with Crippen LogP contribution in [0.5, 0.6) is 5.75 Å². The molecule has 1 aromatic heterocycles. The van der Waals surface area contributed by atoms with Crippen LogP contribution in [-0.2, 0) is 11.2 Å². The van der Waals surface area contributed by atoms with Crippen molar-refractivity contribution in [2.24, 2.45) is 0 Å². The van der Waals surface area contributed by atoms with Crippen LogP contribution in [0.4, 0.5) is 0 Å². The van der Waals surface area contributed by atoms with Gasteiger partial charge >= 0.3 is 0 Å². The third kappa shape index (κ3) is 3.85. The van der Waals surface area contributed by atoms with Crippen LogP contribution in [0.2, 0.25) is 0 Å². The number of fused-ring (bicyclic) bond motifs is 1. The number of benzene rings is 2. The van der Waals surface area contributed by atoms with E-state index in [0.29, 0.717) is 6.42 Å². The third-order valence-corrected chi connectivity index (χ3v) is 4.42. The molecule has 1 heterocycles. The van der Waals surface area contributed by atoms with Gasteiger partial charge in [0.05, 0.1) is 25.8 Å². The lowest BCUT2D eigenvalue weighted by Crippen LogP contribution is -2.29. The van der Waals surface area contributed by atoms with Crippen molar-refractivity contribution < 1.29 is 13.9 Å². The second-order valence-electron chi connectivity index (χ2n) is 6.24. The van der Waals surface area contributed by atoms with Crippen LogP contribution in [0.1, 0.15) is 36.1 Å². The number of furan rings is 1. The Morgan fingerprint density at radius 2 is 1.96 bits per heavy atom. The molecule has 2 aromatic carbocycles. The minimum atomic E-state index is -0.0150. The molecule has 1 unspecified atom stereocenters. The second-order valence-corrected chi connectivity index (χ2v) is 6.24. The topological polar surface area (TPSA) is 51.5 Å². The van der Waals surface area contributed by atoms with E-state index in [-0.39, 0.29) is 11.9 Å². The van der Waals surface area contributed by atoms with Crippen molar-refractivity contribution >= 4 is 16.9 Å². The van der Waals surface area contributed by atoms with Gasteiger partial charge < -0.3 is 14.5 Å². The molecule has 4 heteroatoms. The molecular weight excluding hydrogens is 314 g/mol. The van der Waals surface area contributed by atoms with Crippen LogP contribution < -0.4 is 10.1 Å². The molecule has 0 spiro atoms. The van der Waals surface area contributed by atoms with Gasteiger partial charge in [-0.05, 0) is 42.7 Å². The first kappa shape index (κ1) is 17.1. The van der Waals surface area contributed by atoms with Crippen LogP contribution in [0.25, 0.3) is 11.0 Å². The van der Waals surface area contributed by atoms with Gasteiger partial charge in [-0.2, -0.15) is 0 Å². The van der Waals surface area contributed by atoms with Gasteiger partial charge in [-0.1, -0.05) is 31.2 Å². The number of aryl methyl sites for hydroxylation is 1. The van der Waals surface area contributed by atoms with Gasteiger partial charge in [-0.25, -0.2) is 0 Å². The SMILES string of the molecule is CCC(NC(=O)Cc1coc2cc(C)ccc12)c1ccc(OC)cc1. The third-order valence-electron chi connectivity index (χ3n) is 4.42. The highest BCUT2D eigenvalue weighted by Gasteiger charge is 2.15. The molecular formula is C21H23NO3. The number of methoxy groups -OCH3 is 1. The summed E-state index contributed by atoms with van der Waals surface area (Å²) in [6.45, 7) is 4.08. The minimum Gasteiger partial charge on any atom is -0.497 e. The standard InChI is InChI=1S/C21H23NO3/c1-4-19(15-6-8-17(24-3)9-7-15)22-21(23)12-16-13-25-20-11-14(2)5-10-18(16)20/h5-11,13,19H,4,12H2,1-3H3,(H,22,23). The number of rotatable bonds is 6. The highest BCUT2D eigenvalue weighted by atomic mass is 16.5. The molecule has 0 bridgehead atoms. The Morgan fingerprint density at radius 3 is 2.64 bits per heavy atom. The van der Waals surface area contributed by atoms with Crippen molar-refractivity contribution in [3.05, 3.63) is 65.4 Å². The molecule has 4 nitrogen and oxygen atoms in total. The highest BCUT2D eigenvalue weighted by Crippen LogP contribution is 2.24. The maximum atomic E-state index is 12.5. The van der Waals surface area contributed by atoms with Crippen LogP contribution in [0.3, 0.4) is 0 Å². The van der Waals surface area contributed by atoms with Crippen molar-refractivity contribution in [1.82, 2.24) is 5.32 Å². The number of nitrogens with one attached hydrogen (secondary N) is 1. The Labute approximate surface area is 147 Å². The molecule has 3 rings (SSSR count). The van der Waals surface area contributed by atoms with E-state index in [1.807, 2.05) is 49.4 Å². The minimum absolute atomic E-state index is 0.00839. The molecule has 1 atom stereocenters. The molecule has 0 saturated carbocycles.